The molecule has 0 unspecified atom stereocenters. The fraction of sp³-hybridized carbons (Fsp3) is 0.125. The summed E-state index contributed by atoms with van der Waals surface area (Å²) in [5.41, 5.74) is 7.03. The summed E-state index contributed by atoms with van der Waals surface area (Å²) in [6.45, 7) is 0.463. The first-order valence-corrected chi connectivity index (χ1v) is 10.7. The van der Waals surface area contributed by atoms with E-state index in [4.69, 9.17) is 15.6 Å². The zero-order chi connectivity index (χ0) is 24.5. The van der Waals surface area contributed by atoms with Crippen LogP contribution in [0.1, 0.15) is 6.04 Å². The van der Waals surface area contributed by atoms with Gasteiger partial charge in [0.2, 0.25) is 5.91 Å². The van der Waals surface area contributed by atoms with Crippen LogP contribution in [0.3, 0.4) is 0 Å². The van der Waals surface area contributed by atoms with Crippen LogP contribution in [0.15, 0.2) is 77.9 Å². The summed E-state index contributed by atoms with van der Waals surface area (Å²) >= 11 is 0. The number of ether oxygens (including phenoxy) is 1. The lowest BCUT2D eigenvalue weighted by Crippen LogP contribution is -2.52. The Hall–Kier alpha value is -4.93. The van der Waals surface area contributed by atoms with Crippen LogP contribution < -0.4 is 16.2 Å². The second-order valence-electron chi connectivity index (χ2n) is 7.90. The fourth-order valence-corrected chi connectivity index (χ4v) is 3.97. The number of nitrogen functional groups attached to an aromatic ring is 1. The molecule has 3 N–H and O–H groups in total. The number of benzene rings is 2. The van der Waals surface area contributed by atoms with Gasteiger partial charge in [-0.2, -0.15) is 0 Å². The Balaban J connectivity index is 1.47. The van der Waals surface area contributed by atoms with Crippen molar-refractivity contribution in [3.05, 3.63) is 83.6 Å². The van der Waals surface area contributed by atoms with E-state index in [0.717, 1.165) is 12.2 Å². The zero-order valence-electron chi connectivity index (χ0n) is 18.3. The predicted octanol–water partition coefficient (Wildman–Crippen LogP) is 1.98. The highest BCUT2D eigenvalue weighted by Crippen LogP contribution is 2.28. The third-order valence-corrected chi connectivity index (χ3v) is 5.66. The van der Waals surface area contributed by atoms with Crippen molar-refractivity contribution in [2.45, 2.75) is 6.04 Å². The number of carboxylic acids is 1. The number of hydrogen-bond donors (Lipinski definition) is 2. The topological polar surface area (TPSA) is 146 Å². The van der Waals surface area contributed by atoms with Crippen LogP contribution >= 0.6 is 0 Å². The normalized spacial score (nSPS) is 13.8. The van der Waals surface area contributed by atoms with Crippen molar-refractivity contribution >= 4 is 28.9 Å². The lowest BCUT2D eigenvalue weighted by atomic mass is 10.1. The lowest BCUT2D eigenvalue weighted by molar-refractivity contribution is -0.134. The van der Waals surface area contributed by atoms with Gasteiger partial charge in [0, 0.05) is 25.2 Å². The van der Waals surface area contributed by atoms with Gasteiger partial charge in [0.15, 0.2) is 11.5 Å². The first kappa shape index (κ1) is 21.9. The highest BCUT2D eigenvalue weighted by Gasteiger charge is 2.35. The number of nitrogens with zero attached hydrogens (tertiary/aromatic N) is 5. The molecular weight excluding hydrogens is 452 g/mol. The first-order valence-electron chi connectivity index (χ1n) is 10.7. The molecule has 1 aliphatic rings. The summed E-state index contributed by atoms with van der Waals surface area (Å²) < 4.78 is 8.76. The Kier molecular flexibility index (Phi) is 5.49. The molecule has 11 heteroatoms. The lowest BCUT2D eigenvalue weighted by Gasteiger charge is -2.38. The second kappa shape index (κ2) is 8.78. The standard InChI is InChI=1S/C24H20N6O5/c25-22-21-23(27-14-26-22)30(16-12-28(13-16)19(31)10-11-20(32)33)24(34)29(21)15-6-8-18(9-7-15)35-17-4-2-1-3-5-17/h1-11,14,16H,12-13H2,(H,32,33)(H2,25,26,27). The molecule has 3 heterocycles. The van der Waals surface area contributed by atoms with Crippen LogP contribution in [0.5, 0.6) is 11.5 Å². The number of rotatable bonds is 6. The molecule has 1 fully saturated rings. The number of nitrogens with two attached hydrogens (primary N) is 1. The van der Waals surface area contributed by atoms with Crippen molar-refractivity contribution in [3.8, 4) is 17.2 Å². The first-order chi connectivity index (χ1) is 16.9. The molecular formula is C24H20N6O5. The number of aliphatic carboxylic acids is 1. The highest BCUT2D eigenvalue weighted by molar-refractivity contribution is 5.94. The van der Waals surface area contributed by atoms with Crippen LogP contribution in [0.4, 0.5) is 5.82 Å². The Labute approximate surface area is 198 Å². The molecule has 5 rings (SSSR count). The van der Waals surface area contributed by atoms with Crippen LogP contribution in [0, 0.1) is 0 Å². The van der Waals surface area contributed by atoms with Gasteiger partial charge in [-0.05, 0) is 36.4 Å². The number of carbonyl (C=O) groups excluding carboxylic acids is 1. The Bertz CT molecular complexity index is 1500. The molecule has 11 nitrogen and oxygen atoms in total. The Morgan fingerprint density at radius 2 is 1.69 bits per heavy atom. The van der Waals surface area contributed by atoms with E-state index in [1.165, 1.54) is 20.4 Å². The van der Waals surface area contributed by atoms with E-state index < -0.39 is 11.9 Å². The van der Waals surface area contributed by atoms with E-state index in [9.17, 15) is 14.4 Å². The molecule has 176 valence electrons. The van der Waals surface area contributed by atoms with E-state index in [2.05, 4.69) is 9.97 Å². The molecule has 0 saturated carbocycles. The predicted molar refractivity (Wildman–Crippen MR) is 126 cm³/mol. The second-order valence-corrected chi connectivity index (χ2v) is 7.90. The van der Waals surface area contributed by atoms with Gasteiger partial charge in [0.05, 0.1) is 11.7 Å². The number of hydrogen-bond acceptors (Lipinski definition) is 7. The minimum absolute atomic E-state index is 0.145. The van der Waals surface area contributed by atoms with E-state index in [-0.39, 0.29) is 30.6 Å². The minimum atomic E-state index is -1.21. The van der Waals surface area contributed by atoms with Crippen LogP contribution in [0.2, 0.25) is 0 Å². The molecule has 4 aromatic rings. The Morgan fingerprint density at radius 3 is 2.37 bits per heavy atom. The SMILES string of the molecule is Nc1ncnc2c1n(-c1ccc(Oc3ccccc3)cc1)c(=O)n2C1CN(C(=O)C=CC(=O)O)C1. The summed E-state index contributed by atoms with van der Waals surface area (Å²) in [6, 6.07) is 16.0. The number of carbonyl (C=O) groups is 2. The number of para-hydroxylation sites is 1. The molecule has 1 aliphatic heterocycles. The third kappa shape index (κ3) is 4.10. The molecule has 1 amide bonds. The van der Waals surface area contributed by atoms with Crippen molar-refractivity contribution in [3.63, 3.8) is 0 Å². The summed E-state index contributed by atoms with van der Waals surface area (Å²) in [5.74, 6) is -0.213. The van der Waals surface area contributed by atoms with Crippen molar-refractivity contribution in [2.75, 3.05) is 18.8 Å². The van der Waals surface area contributed by atoms with Gasteiger partial charge in [-0.1, -0.05) is 18.2 Å². The number of amides is 1. The van der Waals surface area contributed by atoms with Gasteiger partial charge in [-0.25, -0.2) is 19.6 Å². The molecule has 1 saturated heterocycles. The van der Waals surface area contributed by atoms with Gasteiger partial charge in [0.1, 0.15) is 23.3 Å². The number of imidazole rings is 1. The van der Waals surface area contributed by atoms with Crippen LogP contribution in [0.25, 0.3) is 16.9 Å². The zero-order valence-corrected chi connectivity index (χ0v) is 18.3. The highest BCUT2D eigenvalue weighted by atomic mass is 16.5. The maximum Gasteiger partial charge on any atom is 0.335 e. The number of fused-ring (bicyclic) bond motifs is 1. The molecule has 35 heavy (non-hydrogen) atoms. The van der Waals surface area contributed by atoms with Crippen molar-refractivity contribution in [1.29, 1.82) is 0 Å². The Morgan fingerprint density at radius 1 is 1.00 bits per heavy atom. The monoisotopic (exact) mass is 472 g/mol. The molecule has 0 bridgehead atoms. The number of likely N-dealkylation sites (tertiary alicyclic amines) is 1. The van der Waals surface area contributed by atoms with Crippen molar-refractivity contribution in [2.24, 2.45) is 0 Å². The molecule has 0 atom stereocenters. The number of anilines is 1. The molecule has 2 aromatic carbocycles. The number of carboxylic acid groups (broad SMARTS) is 1. The average Bonchev–Trinajstić information content (AvgIpc) is 3.11. The minimum Gasteiger partial charge on any atom is -0.478 e. The maximum atomic E-state index is 13.5. The van der Waals surface area contributed by atoms with Gasteiger partial charge in [-0.3, -0.25) is 13.9 Å². The van der Waals surface area contributed by atoms with Crippen molar-refractivity contribution in [1.82, 2.24) is 24.0 Å². The molecule has 0 radical (unpaired) electrons. The summed E-state index contributed by atoms with van der Waals surface area (Å²) in [5, 5.41) is 8.71. The average molecular weight is 472 g/mol. The largest absolute Gasteiger partial charge is 0.478 e. The van der Waals surface area contributed by atoms with Crippen LogP contribution in [-0.4, -0.2) is 54.1 Å². The summed E-state index contributed by atoms with van der Waals surface area (Å²) in [4.78, 5) is 46.1. The van der Waals surface area contributed by atoms with E-state index in [1.807, 2.05) is 30.3 Å². The van der Waals surface area contributed by atoms with E-state index in [0.29, 0.717) is 28.4 Å². The molecule has 2 aromatic heterocycles. The van der Waals surface area contributed by atoms with Gasteiger partial charge >= 0.3 is 11.7 Å². The van der Waals surface area contributed by atoms with Gasteiger partial charge in [-0.15, -0.1) is 0 Å². The number of aromatic nitrogens is 4. The molecule has 0 aliphatic carbocycles. The molecule has 0 spiro atoms. The maximum absolute atomic E-state index is 13.5. The fourth-order valence-electron chi connectivity index (χ4n) is 3.97. The van der Waals surface area contributed by atoms with E-state index >= 15 is 0 Å². The quantitative estimate of drug-likeness (QED) is 0.405. The van der Waals surface area contributed by atoms with Gasteiger partial charge < -0.3 is 20.5 Å². The summed E-state index contributed by atoms with van der Waals surface area (Å²) in [6.07, 6.45) is 3.06. The smallest absolute Gasteiger partial charge is 0.335 e. The summed E-state index contributed by atoms with van der Waals surface area (Å²) in [7, 11) is 0. The van der Waals surface area contributed by atoms with Crippen LogP contribution in [-0.2, 0) is 9.59 Å². The third-order valence-electron chi connectivity index (χ3n) is 5.66. The van der Waals surface area contributed by atoms with E-state index in [1.54, 1.807) is 24.3 Å². The van der Waals surface area contributed by atoms with Gasteiger partial charge in [0.25, 0.3) is 0 Å². The van der Waals surface area contributed by atoms with Crippen molar-refractivity contribution < 1.29 is 19.4 Å².